The first kappa shape index (κ1) is 15.6. The van der Waals surface area contributed by atoms with Gasteiger partial charge in [-0.15, -0.1) is 0 Å². The van der Waals surface area contributed by atoms with Crippen LogP contribution in [0.4, 0.5) is 0 Å². The molecule has 1 aliphatic carbocycles. The molecule has 4 heteroatoms. The standard InChI is InChI=1S/C22H18O3S/c1-26(23,24)13-14-8-9-16-15(11-14)12-20-19-7-4-10-25-22(19)18-6-3-2-5-17(18)21(16)20/h2-9,11H,10,12-13H2,1H3. The Balaban J connectivity index is 1.77. The molecule has 0 atom stereocenters. The van der Waals surface area contributed by atoms with Crippen molar-refractivity contribution in [3.8, 4) is 16.9 Å². The maximum atomic E-state index is 11.7. The van der Waals surface area contributed by atoms with E-state index in [1.165, 1.54) is 33.9 Å². The third kappa shape index (κ3) is 2.36. The van der Waals surface area contributed by atoms with Gasteiger partial charge in [0.1, 0.15) is 12.4 Å². The van der Waals surface area contributed by atoms with Crippen LogP contribution in [0.25, 0.3) is 28.0 Å². The van der Waals surface area contributed by atoms with E-state index in [-0.39, 0.29) is 5.75 Å². The highest BCUT2D eigenvalue weighted by molar-refractivity contribution is 7.89. The average Bonchev–Trinajstić information content (AvgIpc) is 2.99. The number of hydrogen-bond donors (Lipinski definition) is 0. The van der Waals surface area contributed by atoms with Gasteiger partial charge in [0.15, 0.2) is 9.84 Å². The molecular weight excluding hydrogens is 344 g/mol. The summed E-state index contributed by atoms with van der Waals surface area (Å²) in [7, 11) is -3.04. The minimum Gasteiger partial charge on any atom is -0.488 e. The van der Waals surface area contributed by atoms with Crippen LogP contribution >= 0.6 is 0 Å². The Morgan fingerprint density at radius 2 is 1.88 bits per heavy atom. The molecule has 1 heterocycles. The molecule has 0 unspecified atom stereocenters. The molecule has 1 aliphatic heterocycles. The Bertz CT molecular complexity index is 1200. The highest BCUT2D eigenvalue weighted by Gasteiger charge is 2.27. The summed E-state index contributed by atoms with van der Waals surface area (Å²) in [5.74, 6) is 1.05. The summed E-state index contributed by atoms with van der Waals surface area (Å²) in [5, 5.41) is 2.34. The molecule has 3 aromatic rings. The Hall–Kier alpha value is -2.59. The lowest BCUT2D eigenvalue weighted by Gasteiger charge is -2.19. The molecule has 0 N–H and O–H groups in total. The van der Waals surface area contributed by atoms with Gasteiger partial charge in [-0.05, 0) is 45.7 Å². The number of rotatable bonds is 2. The van der Waals surface area contributed by atoms with Crippen LogP contribution in [0.3, 0.4) is 0 Å². The fraction of sp³-hybridized carbons (Fsp3) is 0.182. The van der Waals surface area contributed by atoms with Gasteiger partial charge >= 0.3 is 0 Å². The summed E-state index contributed by atoms with van der Waals surface area (Å²) in [6.07, 6.45) is 6.30. The Morgan fingerprint density at radius 3 is 2.69 bits per heavy atom. The van der Waals surface area contributed by atoms with Crippen molar-refractivity contribution in [2.24, 2.45) is 0 Å². The van der Waals surface area contributed by atoms with Gasteiger partial charge < -0.3 is 4.74 Å². The van der Waals surface area contributed by atoms with E-state index >= 15 is 0 Å². The molecular formula is C22H18O3S. The molecule has 130 valence electrons. The van der Waals surface area contributed by atoms with Crippen molar-refractivity contribution < 1.29 is 13.2 Å². The molecule has 0 fully saturated rings. The van der Waals surface area contributed by atoms with Crippen LogP contribution in [0, 0.1) is 0 Å². The van der Waals surface area contributed by atoms with E-state index in [4.69, 9.17) is 4.74 Å². The van der Waals surface area contributed by atoms with Gasteiger partial charge in [0.25, 0.3) is 0 Å². The number of benzene rings is 3. The second-order valence-electron chi connectivity index (χ2n) is 7.09. The molecule has 0 radical (unpaired) electrons. The first-order valence-corrected chi connectivity index (χ1v) is 10.7. The third-order valence-corrected chi connectivity index (χ3v) is 6.01. The van der Waals surface area contributed by atoms with Crippen molar-refractivity contribution in [3.05, 3.63) is 70.8 Å². The molecule has 5 rings (SSSR count). The van der Waals surface area contributed by atoms with Crippen LogP contribution in [-0.4, -0.2) is 21.3 Å². The first-order chi connectivity index (χ1) is 12.5. The molecule has 0 amide bonds. The van der Waals surface area contributed by atoms with Crippen LogP contribution < -0.4 is 4.74 Å². The largest absolute Gasteiger partial charge is 0.488 e. The van der Waals surface area contributed by atoms with Gasteiger partial charge in [-0.1, -0.05) is 48.5 Å². The van der Waals surface area contributed by atoms with E-state index in [9.17, 15) is 8.42 Å². The SMILES string of the molecule is CS(=O)(=O)Cc1ccc2c(c1)Cc1c3c(c4ccccc4c1-2)OCC=C3. The zero-order valence-electron chi connectivity index (χ0n) is 14.5. The summed E-state index contributed by atoms with van der Waals surface area (Å²) in [5.41, 5.74) is 6.94. The van der Waals surface area contributed by atoms with Crippen molar-refractivity contribution in [1.82, 2.24) is 0 Å². The molecule has 0 saturated heterocycles. The maximum absolute atomic E-state index is 11.7. The van der Waals surface area contributed by atoms with E-state index in [0.717, 1.165) is 28.7 Å². The minimum absolute atomic E-state index is 0.0818. The lowest BCUT2D eigenvalue weighted by atomic mass is 9.92. The fourth-order valence-electron chi connectivity index (χ4n) is 4.22. The Labute approximate surface area is 152 Å². The number of hydrogen-bond acceptors (Lipinski definition) is 3. The smallest absolute Gasteiger partial charge is 0.151 e. The molecule has 0 saturated carbocycles. The zero-order chi connectivity index (χ0) is 17.9. The van der Waals surface area contributed by atoms with E-state index in [1.807, 2.05) is 18.2 Å². The second-order valence-corrected chi connectivity index (χ2v) is 9.23. The van der Waals surface area contributed by atoms with Gasteiger partial charge in [0.2, 0.25) is 0 Å². The van der Waals surface area contributed by atoms with E-state index < -0.39 is 9.84 Å². The van der Waals surface area contributed by atoms with Crippen LogP contribution in [0.1, 0.15) is 22.3 Å². The monoisotopic (exact) mass is 362 g/mol. The predicted octanol–water partition coefficient (Wildman–Crippen LogP) is 4.36. The summed E-state index contributed by atoms with van der Waals surface area (Å²) < 4.78 is 29.3. The average molecular weight is 362 g/mol. The second kappa shape index (κ2) is 5.45. The van der Waals surface area contributed by atoms with Gasteiger partial charge in [0.05, 0.1) is 5.75 Å². The maximum Gasteiger partial charge on any atom is 0.151 e. The van der Waals surface area contributed by atoms with Crippen molar-refractivity contribution in [2.45, 2.75) is 12.2 Å². The summed E-state index contributed by atoms with van der Waals surface area (Å²) >= 11 is 0. The minimum atomic E-state index is -3.04. The summed E-state index contributed by atoms with van der Waals surface area (Å²) in [4.78, 5) is 0. The first-order valence-electron chi connectivity index (χ1n) is 8.68. The topological polar surface area (TPSA) is 43.4 Å². The quantitative estimate of drug-likeness (QED) is 0.532. The van der Waals surface area contributed by atoms with Crippen LogP contribution in [-0.2, 0) is 22.0 Å². The summed E-state index contributed by atoms with van der Waals surface area (Å²) in [6, 6.07) is 14.4. The van der Waals surface area contributed by atoms with Crippen molar-refractivity contribution in [2.75, 3.05) is 12.9 Å². The normalized spacial score (nSPS) is 14.7. The molecule has 3 aromatic carbocycles. The van der Waals surface area contributed by atoms with Crippen molar-refractivity contribution in [1.29, 1.82) is 0 Å². The predicted molar refractivity (Wildman–Crippen MR) is 105 cm³/mol. The van der Waals surface area contributed by atoms with Gasteiger partial charge in [-0.25, -0.2) is 8.42 Å². The molecule has 0 spiro atoms. The van der Waals surface area contributed by atoms with E-state index in [1.54, 1.807) is 0 Å². The number of ether oxygens (including phenoxy) is 1. The van der Waals surface area contributed by atoms with Gasteiger partial charge in [-0.2, -0.15) is 0 Å². The highest BCUT2D eigenvalue weighted by atomic mass is 32.2. The van der Waals surface area contributed by atoms with Crippen LogP contribution in [0.5, 0.6) is 5.75 Å². The third-order valence-electron chi connectivity index (χ3n) is 5.16. The van der Waals surface area contributed by atoms with Gasteiger partial charge in [0, 0.05) is 17.2 Å². The van der Waals surface area contributed by atoms with Crippen LogP contribution in [0.2, 0.25) is 0 Å². The van der Waals surface area contributed by atoms with Crippen molar-refractivity contribution in [3.63, 3.8) is 0 Å². The molecule has 0 bridgehead atoms. The Morgan fingerprint density at radius 1 is 1.08 bits per heavy atom. The number of fused-ring (bicyclic) bond motifs is 8. The zero-order valence-corrected chi connectivity index (χ0v) is 15.3. The number of sulfone groups is 1. The summed E-state index contributed by atoms with van der Waals surface area (Å²) in [6.45, 7) is 0.598. The van der Waals surface area contributed by atoms with Gasteiger partial charge in [-0.3, -0.25) is 0 Å². The Kier molecular flexibility index (Phi) is 3.28. The molecule has 0 aromatic heterocycles. The van der Waals surface area contributed by atoms with Crippen LogP contribution in [0.15, 0.2) is 48.5 Å². The lowest BCUT2D eigenvalue weighted by Crippen LogP contribution is -2.04. The highest BCUT2D eigenvalue weighted by Crippen LogP contribution is 2.48. The lowest BCUT2D eigenvalue weighted by molar-refractivity contribution is 0.362. The fourth-order valence-corrected chi connectivity index (χ4v) is 5.00. The van der Waals surface area contributed by atoms with Crippen molar-refractivity contribution >= 4 is 26.7 Å². The molecule has 2 aliphatic rings. The molecule has 3 nitrogen and oxygen atoms in total. The molecule has 26 heavy (non-hydrogen) atoms. The van der Waals surface area contributed by atoms with E-state index in [2.05, 4.69) is 36.4 Å². The van der Waals surface area contributed by atoms with E-state index in [0.29, 0.717) is 6.61 Å².